The number of hydrogen-bond acceptors (Lipinski definition) is 4. The number of alkyl carbamates (subject to hydrolysis) is 1. The van der Waals surface area contributed by atoms with E-state index in [9.17, 15) is 9.59 Å². The van der Waals surface area contributed by atoms with Gasteiger partial charge in [-0.25, -0.2) is 9.59 Å². The first kappa shape index (κ1) is 18.4. The fourth-order valence-corrected chi connectivity index (χ4v) is 3.98. The lowest BCUT2D eigenvalue weighted by Gasteiger charge is -2.37. The Morgan fingerprint density at radius 1 is 1.18 bits per heavy atom. The molecule has 2 aliphatic heterocycles. The maximum atomic E-state index is 12.5. The van der Waals surface area contributed by atoms with E-state index in [4.69, 9.17) is 9.15 Å². The number of nitrogens with one attached hydrogen (secondary N) is 2. The molecule has 1 aromatic heterocycles. The molecule has 0 saturated carbocycles. The van der Waals surface area contributed by atoms with E-state index in [0.717, 1.165) is 12.2 Å². The summed E-state index contributed by atoms with van der Waals surface area (Å²) >= 11 is 0. The minimum absolute atomic E-state index is 0.0709. The van der Waals surface area contributed by atoms with Gasteiger partial charge in [-0.1, -0.05) is 30.3 Å². The Balaban J connectivity index is 1.29. The molecule has 0 radical (unpaired) electrons. The minimum Gasteiger partial charge on any atom is -0.469 e. The normalized spacial score (nSPS) is 19.1. The second-order valence-electron chi connectivity index (χ2n) is 7.41. The molecule has 4 rings (SSSR count). The molecule has 1 atom stereocenters. The van der Waals surface area contributed by atoms with Crippen LogP contribution in [-0.2, 0) is 4.74 Å². The highest BCUT2D eigenvalue weighted by Gasteiger charge is 2.43. The van der Waals surface area contributed by atoms with Crippen LogP contribution in [0.4, 0.5) is 9.59 Å². The molecule has 0 bridgehead atoms. The fraction of sp³-hybridized carbons (Fsp3) is 0.429. The van der Waals surface area contributed by atoms with Gasteiger partial charge >= 0.3 is 12.1 Å². The van der Waals surface area contributed by atoms with Crippen molar-refractivity contribution in [2.24, 2.45) is 0 Å². The summed E-state index contributed by atoms with van der Waals surface area (Å²) in [4.78, 5) is 25.6. The molecule has 2 aromatic rings. The third-order valence-corrected chi connectivity index (χ3v) is 5.62. The van der Waals surface area contributed by atoms with Crippen molar-refractivity contribution in [2.45, 2.75) is 30.8 Å². The van der Waals surface area contributed by atoms with Crippen molar-refractivity contribution >= 4 is 12.1 Å². The average molecular weight is 383 g/mol. The molecule has 1 spiro atoms. The van der Waals surface area contributed by atoms with E-state index in [0.29, 0.717) is 39.0 Å². The quantitative estimate of drug-likeness (QED) is 0.831. The zero-order valence-corrected chi connectivity index (χ0v) is 15.7. The SMILES string of the molecule is O=C1NCC2(CCN(C(=O)NCCC(c3ccccc3)c3ccco3)CC2)O1. The molecule has 28 heavy (non-hydrogen) atoms. The van der Waals surface area contributed by atoms with Gasteiger partial charge in [-0.15, -0.1) is 0 Å². The van der Waals surface area contributed by atoms with E-state index in [2.05, 4.69) is 22.8 Å². The second kappa shape index (κ2) is 7.96. The van der Waals surface area contributed by atoms with Crippen molar-refractivity contribution in [2.75, 3.05) is 26.2 Å². The van der Waals surface area contributed by atoms with Gasteiger partial charge in [0.2, 0.25) is 0 Å². The Morgan fingerprint density at radius 2 is 1.96 bits per heavy atom. The van der Waals surface area contributed by atoms with Crippen molar-refractivity contribution in [3.63, 3.8) is 0 Å². The summed E-state index contributed by atoms with van der Waals surface area (Å²) in [6, 6.07) is 14.0. The summed E-state index contributed by atoms with van der Waals surface area (Å²) in [5, 5.41) is 5.73. The molecule has 7 nitrogen and oxygen atoms in total. The molecule has 0 aliphatic carbocycles. The topological polar surface area (TPSA) is 83.8 Å². The lowest BCUT2D eigenvalue weighted by molar-refractivity contribution is 0.00978. The fourth-order valence-electron chi connectivity index (χ4n) is 3.98. The molecule has 2 N–H and O–H groups in total. The van der Waals surface area contributed by atoms with Crippen LogP contribution in [-0.4, -0.2) is 48.8 Å². The highest BCUT2D eigenvalue weighted by atomic mass is 16.6. The molecule has 7 heteroatoms. The van der Waals surface area contributed by atoms with Crippen LogP contribution in [0.3, 0.4) is 0 Å². The molecule has 3 amide bonds. The van der Waals surface area contributed by atoms with Crippen molar-refractivity contribution in [1.29, 1.82) is 0 Å². The smallest absolute Gasteiger partial charge is 0.407 e. The van der Waals surface area contributed by atoms with E-state index in [1.165, 1.54) is 5.56 Å². The van der Waals surface area contributed by atoms with Crippen LogP contribution in [0, 0.1) is 0 Å². The summed E-state index contributed by atoms with van der Waals surface area (Å²) in [7, 11) is 0. The Kier molecular flexibility index (Phi) is 5.23. The number of nitrogens with zero attached hydrogens (tertiary/aromatic N) is 1. The number of carbonyl (C=O) groups is 2. The Labute approximate surface area is 164 Å². The molecule has 2 aliphatic rings. The predicted molar refractivity (Wildman–Crippen MR) is 103 cm³/mol. The maximum absolute atomic E-state index is 12.5. The van der Waals surface area contributed by atoms with Gasteiger partial charge in [0.1, 0.15) is 11.4 Å². The van der Waals surface area contributed by atoms with Crippen molar-refractivity contribution in [3.8, 4) is 0 Å². The monoisotopic (exact) mass is 383 g/mol. The van der Waals surface area contributed by atoms with Crippen LogP contribution in [0.1, 0.15) is 36.5 Å². The van der Waals surface area contributed by atoms with E-state index in [1.807, 2.05) is 30.3 Å². The highest BCUT2D eigenvalue weighted by Crippen LogP contribution is 2.30. The van der Waals surface area contributed by atoms with Crippen LogP contribution in [0.2, 0.25) is 0 Å². The van der Waals surface area contributed by atoms with Crippen LogP contribution in [0.5, 0.6) is 0 Å². The molecular formula is C21H25N3O4. The Morgan fingerprint density at radius 3 is 2.61 bits per heavy atom. The summed E-state index contributed by atoms with van der Waals surface area (Å²) in [6.45, 7) is 2.25. The number of benzene rings is 1. The van der Waals surface area contributed by atoms with Crippen LogP contribution >= 0.6 is 0 Å². The van der Waals surface area contributed by atoms with Crippen molar-refractivity contribution < 1.29 is 18.7 Å². The first-order valence-corrected chi connectivity index (χ1v) is 9.73. The van der Waals surface area contributed by atoms with E-state index >= 15 is 0 Å². The number of urea groups is 1. The largest absolute Gasteiger partial charge is 0.469 e. The molecule has 2 saturated heterocycles. The van der Waals surface area contributed by atoms with Gasteiger partial charge in [0, 0.05) is 38.4 Å². The number of carbonyl (C=O) groups excluding carboxylic acids is 2. The van der Waals surface area contributed by atoms with E-state index in [-0.39, 0.29) is 18.0 Å². The summed E-state index contributed by atoms with van der Waals surface area (Å²) in [5.74, 6) is 1.00. The van der Waals surface area contributed by atoms with E-state index in [1.54, 1.807) is 11.2 Å². The van der Waals surface area contributed by atoms with Gasteiger partial charge < -0.3 is 24.7 Å². The zero-order chi connectivity index (χ0) is 19.4. The first-order chi connectivity index (χ1) is 13.7. The summed E-state index contributed by atoms with van der Waals surface area (Å²) < 4.78 is 11.0. The summed E-state index contributed by atoms with van der Waals surface area (Å²) in [6.07, 6.45) is 3.40. The lowest BCUT2D eigenvalue weighted by Crippen LogP contribution is -2.51. The Bertz CT molecular complexity index is 798. The number of furan rings is 1. The number of amides is 3. The highest BCUT2D eigenvalue weighted by molar-refractivity contribution is 5.74. The molecule has 2 fully saturated rings. The standard InChI is InChI=1S/C21H25N3O4/c25-19(24-12-9-21(10-13-24)15-23-20(26)28-21)22-11-8-17(18-7-4-14-27-18)16-5-2-1-3-6-16/h1-7,14,17H,8-13,15H2,(H,22,25)(H,23,26). The van der Waals surface area contributed by atoms with Gasteiger partial charge in [-0.05, 0) is 24.1 Å². The van der Waals surface area contributed by atoms with Crippen molar-refractivity contribution in [3.05, 3.63) is 60.1 Å². The van der Waals surface area contributed by atoms with Crippen molar-refractivity contribution in [1.82, 2.24) is 15.5 Å². The van der Waals surface area contributed by atoms with Gasteiger partial charge in [0.25, 0.3) is 0 Å². The molecule has 148 valence electrons. The number of hydrogen-bond donors (Lipinski definition) is 2. The summed E-state index contributed by atoms with van der Waals surface area (Å²) in [5.41, 5.74) is 0.730. The van der Waals surface area contributed by atoms with Gasteiger partial charge in [-0.2, -0.15) is 0 Å². The van der Waals surface area contributed by atoms with Crippen LogP contribution in [0.25, 0.3) is 0 Å². The second-order valence-corrected chi connectivity index (χ2v) is 7.41. The lowest BCUT2D eigenvalue weighted by atomic mass is 9.92. The van der Waals surface area contributed by atoms with E-state index < -0.39 is 5.60 Å². The number of likely N-dealkylation sites (tertiary alicyclic amines) is 1. The van der Waals surface area contributed by atoms with Gasteiger partial charge in [0.05, 0.1) is 12.8 Å². The first-order valence-electron chi connectivity index (χ1n) is 9.73. The average Bonchev–Trinajstić information content (AvgIpc) is 3.37. The number of piperidine rings is 1. The third-order valence-electron chi connectivity index (χ3n) is 5.62. The van der Waals surface area contributed by atoms with Gasteiger partial charge in [-0.3, -0.25) is 0 Å². The number of rotatable bonds is 5. The van der Waals surface area contributed by atoms with Crippen LogP contribution < -0.4 is 10.6 Å². The Hall–Kier alpha value is -2.96. The molecular weight excluding hydrogens is 358 g/mol. The third kappa shape index (κ3) is 3.98. The molecule has 3 heterocycles. The predicted octanol–water partition coefficient (Wildman–Crippen LogP) is 3.09. The van der Waals surface area contributed by atoms with Crippen LogP contribution in [0.15, 0.2) is 53.1 Å². The zero-order valence-electron chi connectivity index (χ0n) is 15.7. The number of ether oxygens (including phenoxy) is 1. The van der Waals surface area contributed by atoms with Gasteiger partial charge in [0.15, 0.2) is 0 Å². The maximum Gasteiger partial charge on any atom is 0.407 e. The molecule has 1 unspecified atom stereocenters. The minimum atomic E-state index is -0.439. The molecule has 1 aromatic carbocycles.